The van der Waals surface area contributed by atoms with E-state index < -0.39 is 0 Å². The van der Waals surface area contributed by atoms with E-state index in [9.17, 15) is 9.90 Å². The molecule has 20 heavy (non-hydrogen) atoms. The predicted molar refractivity (Wildman–Crippen MR) is 79.7 cm³/mol. The van der Waals surface area contributed by atoms with Gasteiger partial charge in [0.05, 0.1) is 6.42 Å². The van der Waals surface area contributed by atoms with Crippen molar-refractivity contribution in [2.24, 2.45) is 0 Å². The number of aromatic hydroxyl groups is 1. The molecule has 0 aliphatic rings. The lowest BCUT2D eigenvalue weighted by atomic mass is 10.1. The third kappa shape index (κ3) is 4.28. The summed E-state index contributed by atoms with van der Waals surface area (Å²) in [6.45, 7) is 0.475. The van der Waals surface area contributed by atoms with Gasteiger partial charge in [0.2, 0.25) is 5.91 Å². The Labute approximate surface area is 123 Å². The second-order valence-corrected chi connectivity index (χ2v) is 4.84. The Balaban J connectivity index is 1.88. The zero-order chi connectivity index (χ0) is 14.4. The van der Waals surface area contributed by atoms with E-state index in [4.69, 9.17) is 11.6 Å². The number of alkyl halides is 1. The molecular formula is C16H16ClNO2. The first-order chi connectivity index (χ1) is 9.67. The van der Waals surface area contributed by atoms with Crippen LogP contribution in [0.4, 0.5) is 0 Å². The van der Waals surface area contributed by atoms with Crippen LogP contribution >= 0.6 is 11.6 Å². The van der Waals surface area contributed by atoms with Crippen molar-refractivity contribution in [2.45, 2.75) is 18.8 Å². The summed E-state index contributed by atoms with van der Waals surface area (Å²) in [5.41, 5.74) is 2.84. The normalized spacial score (nSPS) is 10.2. The smallest absolute Gasteiger partial charge is 0.224 e. The van der Waals surface area contributed by atoms with Crippen molar-refractivity contribution in [3.8, 4) is 5.75 Å². The molecule has 0 saturated carbocycles. The van der Waals surface area contributed by atoms with Crippen molar-refractivity contribution in [1.29, 1.82) is 0 Å². The molecule has 4 heteroatoms. The highest BCUT2D eigenvalue weighted by Gasteiger charge is 2.04. The molecular weight excluding hydrogens is 274 g/mol. The van der Waals surface area contributed by atoms with Crippen LogP contribution in [0.2, 0.25) is 0 Å². The fourth-order valence-electron chi connectivity index (χ4n) is 1.94. The minimum absolute atomic E-state index is 0.0770. The summed E-state index contributed by atoms with van der Waals surface area (Å²) in [6, 6.07) is 14.5. The van der Waals surface area contributed by atoms with Crippen LogP contribution in [0.3, 0.4) is 0 Å². The molecule has 0 aromatic heterocycles. The fraction of sp³-hybridized carbons (Fsp3) is 0.188. The van der Waals surface area contributed by atoms with Gasteiger partial charge in [-0.15, -0.1) is 11.6 Å². The number of hydrogen-bond donors (Lipinski definition) is 2. The average Bonchev–Trinajstić information content (AvgIpc) is 2.45. The van der Waals surface area contributed by atoms with Gasteiger partial charge in [-0.05, 0) is 28.8 Å². The second kappa shape index (κ2) is 6.96. The molecule has 0 aliphatic heterocycles. The molecule has 2 N–H and O–H groups in total. The van der Waals surface area contributed by atoms with E-state index in [1.807, 2.05) is 30.3 Å². The Bertz CT molecular complexity index is 599. The van der Waals surface area contributed by atoms with E-state index in [-0.39, 0.29) is 18.1 Å². The summed E-state index contributed by atoms with van der Waals surface area (Å²) in [4.78, 5) is 11.8. The fourth-order valence-corrected chi connectivity index (χ4v) is 2.10. The van der Waals surface area contributed by atoms with Crippen molar-refractivity contribution in [1.82, 2.24) is 5.32 Å². The van der Waals surface area contributed by atoms with Gasteiger partial charge in [-0.1, -0.05) is 36.4 Å². The molecule has 0 saturated heterocycles. The molecule has 0 radical (unpaired) electrons. The molecule has 0 unspecified atom stereocenters. The number of rotatable bonds is 5. The number of nitrogens with one attached hydrogen (secondary N) is 1. The Morgan fingerprint density at radius 3 is 2.50 bits per heavy atom. The third-order valence-electron chi connectivity index (χ3n) is 2.91. The van der Waals surface area contributed by atoms with Crippen LogP contribution < -0.4 is 5.32 Å². The molecule has 0 fully saturated rings. The van der Waals surface area contributed by atoms with Gasteiger partial charge in [0.25, 0.3) is 0 Å². The number of phenols is 1. The van der Waals surface area contributed by atoms with E-state index >= 15 is 0 Å². The minimum atomic E-state index is -0.0770. The molecule has 3 nitrogen and oxygen atoms in total. The predicted octanol–water partition coefficient (Wildman–Crippen LogP) is 2.99. The summed E-state index contributed by atoms with van der Waals surface area (Å²) in [5, 5.41) is 12.2. The SMILES string of the molecule is O=C(Cc1cccc(O)c1)NCc1cccc(CCl)c1. The lowest BCUT2D eigenvalue weighted by molar-refractivity contribution is -0.120. The maximum absolute atomic E-state index is 11.8. The summed E-state index contributed by atoms with van der Waals surface area (Å²) in [7, 11) is 0. The molecule has 0 bridgehead atoms. The minimum Gasteiger partial charge on any atom is -0.508 e. The first kappa shape index (κ1) is 14.4. The van der Waals surface area contributed by atoms with Gasteiger partial charge in [0.1, 0.15) is 5.75 Å². The maximum Gasteiger partial charge on any atom is 0.224 e. The molecule has 0 atom stereocenters. The summed E-state index contributed by atoms with van der Waals surface area (Å²) >= 11 is 5.77. The van der Waals surface area contributed by atoms with Gasteiger partial charge in [-0.2, -0.15) is 0 Å². The van der Waals surface area contributed by atoms with Gasteiger partial charge in [-0.3, -0.25) is 4.79 Å². The van der Waals surface area contributed by atoms with Gasteiger partial charge in [-0.25, -0.2) is 0 Å². The van der Waals surface area contributed by atoms with E-state index in [0.717, 1.165) is 16.7 Å². The first-order valence-corrected chi connectivity index (χ1v) is 6.89. The highest BCUT2D eigenvalue weighted by atomic mass is 35.5. The Kier molecular flexibility index (Phi) is 5.02. The van der Waals surface area contributed by atoms with Crippen LogP contribution in [0, 0.1) is 0 Å². The zero-order valence-electron chi connectivity index (χ0n) is 11.0. The Morgan fingerprint density at radius 1 is 1.05 bits per heavy atom. The van der Waals surface area contributed by atoms with Crippen LogP contribution in [-0.4, -0.2) is 11.0 Å². The van der Waals surface area contributed by atoms with E-state index in [2.05, 4.69) is 5.32 Å². The van der Waals surface area contributed by atoms with Crippen LogP contribution in [0.1, 0.15) is 16.7 Å². The number of amides is 1. The van der Waals surface area contributed by atoms with Gasteiger partial charge in [0, 0.05) is 12.4 Å². The largest absolute Gasteiger partial charge is 0.508 e. The molecule has 0 spiro atoms. The van der Waals surface area contributed by atoms with Crippen LogP contribution in [0.15, 0.2) is 48.5 Å². The van der Waals surface area contributed by atoms with Crippen molar-refractivity contribution in [3.63, 3.8) is 0 Å². The summed E-state index contributed by atoms with van der Waals surface area (Å²) in [5.74, 6) is 0.558. The van der Waals surface area contributed by atoms with Crippen LogP contribution in [0.5, 0.6) is 5.75 Å². The highest BCUT2D eigenvalue weighted by Crippen LogP contribution is 2.11. The zero-order valence-corrected chi connectivity index (χ0v) is 11.7. The van der Waals surface area contributed by atoms with Gasteiger partial charge in [0.15, 0.2) is 0 Å². The monoisotopic (exact) mass is 289 g/mol. The molecule has 2 rings (SSSR count). The quantitative estimate of drug-likeness (QED) is 0.832. The van der Waals surface area contributed by atoms with Crippen molar-refractivity contribution in [2.75, 3.05) is 0 Å². The Hall–Kier alpha value is -2.00. The molecule has 2 aromatic carbocycles. The topological polar surface area (TPSA) is 49.3 Å². The van der Waals surface area contributed by atoms with Gasteiger partial charge < -0.3 is 10.4 Å². The summed E-state index contributed by atoms with van der Waals surface area (Å²) < 4.78 is 0. The van der Waals surface area contributed by atoms with E-state index in [1.54, 1.807) is 18.2 Å². The second-order valence-electron chi connectivity index (χ2n) is 4.58. The van der Waals surface area contributed by atoms with E-state index in [1.165, 1.54) is 0 Å². The number of carbonyl (C=O) groups is 1. The maximum atomic E-state index is 11.8. The van der Waals surface area contributed by atoms with Crippen molar-refractivity contribution in [3.05, 3.63) is 65.2 Å². The molecule has 0 aliphatic carbocycles. The number of hydrogen-bond acceptors (Lipinski definition) is 2. The third-order valence-corrected chi connectivity index (χ3v) is 3.22. The molecule has 2 aromatic rings. The van der Waals surface area contributed by atoms with Crippen molar-refractivity contribution < 1.29 is 9.90 Å². The number of halogens is 1. The standard InChI is InChI=1S/C16H16ClNO2/c17-10-13-4-1-5-14(7-13)11-18-16(20)9-12-3-2-6-15(19)8-12/h1-8,19H,9-11H2,(H,18,20). The van der Waals surface area contributed by atoms with Crippen LogP contribution in [-0.2, 0) is 23.6 Å². The lowest BCUT2D eigenvalue weighted by Gasteiger charge is -2.07. The summed E-state index contributed by atoms with van der Waals surface area (Å²) in [6.07, 6.45) is 0.254. The lowest BCUT2D eigenvalue weighted by Crippen LogP contribution is -2.24. The molecule has 104 valence electrons. The van der Waals surface area contributed by atoms with Gasteiger partial charge >= 0.3 is 0 Å². The molecule has 1 amide bonds. The number of benzene rings is 2. The Morgan fingerprint density at radius 2 is 1.75 bits per heavy atom. The van der Waals surface area contributed by atoms with Crippen LogP contribution in [0.25, 0.3) is 0 Å². The first-order valence-electron chi connectivity index (χ1n) is 6.36. The number of phenolic OH excluding ortho intramolecular Hbond substituents is 1. The number of carbonyl (C=O) groups excluding carboxylic acids is 1. The molecule has 0 heterocycles. The average molecular weight is 290 g/mol. The van der Waals surface area contributed by atoms with E-state index in [0.29, 0.717) is 12.4 Å². The van der Waals surface area contributed by atoms with Crippen molar-refractivity contribution >= 4 is 17.5 Å². The highest BCUT2D eigenvalue weighted by molar-refractivity contribution is 6.17.